The fraction of sp³-hybridized carbons (Fsp3) is 0.583. The summed E-state index contributed by atoms with van der Waals surface area (Å²) in [7, 11) is 0. The fourth-order valence-electron chi connectivity index (χ4n) is 2.15. The van der Waals surface area contributed by atoms with Gasteiger partial charge in [-0.1, -0.05) is 0 Å². The first kappa shape index (κ1) is 12.6. The number of carbonyl (C=O) groups is 2. The molecule has 1 aliphatic rings. The van der Waals surface area contributed by atoms with Gasteiger partial charge in [-0.2, -0.15) is 5.10 Å². The van der Waals surface area contributed by atoms with Crippen molar-refractivity contribution in [3.63, 3.8) is 0 Å². The Morgan fingerprint density at radius 1 is 1.50 bits per heavy atom. The van der Waals surface area contributed by atoms with Crippen LogP contribution in [0.25, 0.3) is 0 Å². The van der Waals surface area contributed by atoms with Gasteiger partial charge in [0.15, 0.2) is 0 Å². The SMILES string of the molecule is Cc1n[nH]c(C)c1CC(=O)N[C@@H]1CCCNC1=O. The van der Waals surface area contributed by atoms with Crippen LogP contribution in [-0.4, -0.2) is 34.6 Å². The second kappa shape index (κ2) is 5.20. The van der Waals surface area contributed by atoms with Gasteiger partial charge < -0.3 is 10.6 Å². The normalized spacial score (nSPS) is 19.4. The summed E-state index contributed by atoms with van der Waals surface area (Å²) in [6, 6.07) is -0.390. The first-order chi connectivity index (χ1) is 8.58. The summed E-state index contributed by atoms with van der Waals surface area (Å²) >= 11 is 0. The van der Waals surface area contributed by atoms with Crippen LogP contribution in [0.2, 0.25) is 0 Å². The summed E-state index contributed by atoms with van der Waals surface area (Å²) < 4.78 is 0. The van der Waals surface area contributed by atoms with Crippen molar-refractivity contribution in [2.75, 3.05) is 6.54 Å². The molecule has 6 heteroatoms. The van der Waals surface area contributed by atoms with Gasteiger partial charge in [-0.05, 0) is 26.7 Å². The number of H-pyrrole nitrogens is 1. The smallest absolute Gasteiger partial charge is 0.242 e. The van der Waals surface area contributed by atoms with Gasteiger partial charge in [0.2, 0.25) is 11.8 Å². The monoisotopic (exact) mass is 250 g/mol. The molecule has 1 aliphatic heterocycles. The van der Waals surface area contributed by atoms with Crippen LogP contribution in [0.5, 0.6) is 0 Å². The van der Waals surface area contributed by atoms with Crippen molar-refractivity contribution >= 4 is 11.8 Å². The average Bonchev–Trinajstić information content (AvgIpc) is 2.64. The average molecular weight is 250 g/mol. The summed E-state index contributed by atoms with van der Waals surface area (Å²) in [6.45, 7) is 4.44. The Kier molecular flexibility index (Phi) is 3.64. The predicted octanol–water partition coefficient (Wildman–Crippen LogP) is -0.0362. The topological polar surface area (TPSA) is 86.9 Å². The van der Waals surface area contributed by atoms with Gasteiger partial charge in [0.1, 0.15) is 6.04 Å². The second-order valence-corrected chi connectivity index (χ2v) is 4.64. The van der Waals surface area contributed by atoms with Gasteiger partial charge in [-0.15, -0.1) is 0 Å². The van der Waals surface area contributed by atoms with Crippen molar-refractivity contribution in [2.45, 2.75) is 39.2 Å². The van der Waals surface area contributed by atoms with Crippen molar-refractivity contribution in [3.05, 3.63) is 17.0 Å². The minimum Gasteiger partial charge on any atom is -0.354 e. The lowest BCUT2D eigenvalue weighted by Crippen LogP contribution is -2.50. The van der Waals surface area contributed by atoms with Crippen molar-refractivity contribution in [2.24, 2.45) is 0 Å². The Labute approximate surface area is 106 Å². The Morgan fingerprint density at radius 2 is 2.28 bits per heavy atom. The number of hydrogen-bond donors (Lipinski definition) is 3. The van der Waals surface area contributed by atoms with Gasteiger partial charge >= 0.3 is 0 Å². The molecular formula is C12H18N4O2. The predicted molar refractivity (Wildman–Crippen MR) is 65.9 cm³/mol. The van der Waals surface area contributed by atoms with Crippen LogP contribution in [0, 0.1) is 13.8 Å². The number of nitrogens with one attached hydrogen (secondary N) is 3. The zero-order valence-corrected chi connectivity index (χ0v) is 10.7. The Balaban J connectivity index is 1.94. The highest BCUT2D eigenvalue weighted by atomic mass is 16.2. The first-order valence-corrected chi connectivity index (χ1v) is 6.15. The molecule has 0 bridgehead atoms. The van der Waals surface area contributed by atoms with Crippen LogP contribution in [-0.2, 0) is 16.0 Å². The van der Waals surface area contributed by atoms with Gasteiger partial charge in [0.25, 0.3) is 0 Å². The number of aromatic nitrogens is 2. The molecule has 2 rings (SSSR count). The molecule has 0 aromatic carbocycles. The number of piperidine rings is 1. The van der Waals surface area contributed by atoms with E-state index in [2.05, 4.69) is 20.8 Å². The number of nitrogens with zero attached hydrogens (tertiary/aromatic N) is 1. The van der Waals surface area contributed by atoms with Gasteiger partial charge in [-0.25, -0.2) is 0 Å². The van der Waals surface area contributed by atoms with E-state index in [1.807, 2.05) is 13.8 Å². The molecule has 2 heterocycles. The van der Waals surface area contributed by atoms with E-state index in [-0.39, 0.29) is 18.2 Å². The zero-order chi connectivity index (χ0) is 13.1. The molecule has 0 radical (unpaired) electrons. The number of rotatable bonds is 3. The highest BCUT2D eigenvalue weighted by Crippen LogP contribution is 2.10. The molecule has 1 fully saturated rings. The van der Waals surface area contributed by atoms with Crippen molar-refractivity contribution in [3.8, 4) is 0 Å². The van der Waals surface area contributed by atoms with E-state index in [4.69, 9.17) is 0 Å². The maximum atomic E-state index is 11.9. The second-order valence-electron chi connectivity index (χ2n) is 4.64. The lowest BCUT2D eigenvalue weighted by Gasteiger charge is -2.22. The molecule has 2 amide bonds. The number of aromatic amines is 1. The van der Waals surface area contributed by atoms with Gasteiger partial charge in [-0.3, -0.25) is 14.7 Å². The number of carbonyl (C=O) groups excluding carboxylic acids is 2. The Hall–Kier alpha value is -1.85. The molecule has 3 N–H and O–H groups in total. The Bertz CT molecular complexity index is 447. The molecule has 1 atom stereocenters. The van der Waals surface area contributed by atoms with Gasteiger partial charge in [0.05, 0.1) is 12.1 Å². The van der Waals surface area contributed by atoms with E-state index in [0.29, 0.717) is 13.0 Å². The summed E-state index contributed by atoms with van der Waals surface area (Å²) in [5.74, 6) is -0.222. The summed E-state index contributed by atoms with van der Waals surface area (Å²) in [5, 5.41) is 12.4. The maximum Gasteiger partial charge on any atom is 0.242 e. The molecule has 0 unspecified atom stereocenters. The molecule has 98 valence electrons. The molecule has 0 saturated carbocycles. The largest absolute Gasteiger partial charge is 0.354 e. The number of aryl methyl sites for hydroxylation is 2. The highest BCUT2D eigenvalue weighted by molar-refractivity contribution is 5.88. The van der Waals surface area contributed by atoms with Crippen LogP contribution < -0.4 is 10.6 Å². The van der Waals surface area contributed by atoms with Crippen molar-refractivity contribution in [1.82, 2.24) is 20.8 Å². The maximum absolute atomic E-state index is 11.9. The number of amides is 2. The molecule has 0 spiro atoms. The first-order valence-electron chi connectivity index (χ1n) is 6.15. The van der Waals surface area contributed by atoms with E-state index < -0.39 is 6.04 Å². The minimum absolute atomic E-state index is 0.0877. The van der Waals surface area contributed by atoms with Crippen molar-refractivity contribution in [1.29, 1.82) is 0 Å². The third-order valence-electron chi connectivity index (χ3n) is 3.24. The molecule has 18 heavy (non-hydrogen) atoms. The molecule has 1 aromatic heterocycles. The molecule has 1 aromatic rings. The van der Waals surface area contributed by atoms with Crippen molar-refractivity contribution < 1.29 is 9.59 Å². The van der Waals surface area contributed by atoms with Crippen LogP contribution in [0.1, 0.15) is 29.8 Å². The molecular weight excluding hydrogens is 232 g/mol. The van der Waals surface area contributed by atoms with E-state index in [9.17, 15) is 9.59 Å². The summed E-state index contributed by atoms with van der Waals surface area (Å²) in [4.78, 5) is 23.4. The Morgan fingerprint density at radius 3 is 2.89 bits per heavy atom. The third kappa shape index (κ3) is 2.69. The van der Waals surface area contributed by atoms with E-state index in [1.165, 1.54) is 0 Å². The minimum atomic E-state index is -0.390. The quantitative estimate of drug-likeness (QED) is 0.703. The molecule has 0 aliphatic carbocycles. The van der Waals surface area contributed by atoms with E-state index in [0.717, 1.165) is 23.4 Å². The fourth-order valence-corrected chi connectivity index (χ4v) is 2.15. The third-order valence-corrected chi connectivity index (χ3v) is 3.24. The van der Waals surface area contributed by atoms with Crippen LogP contribution >= 0.6 is 0 Å². The molecule has 6 nitrogen and oxygen atoms in total. The van der Waals surface area contributed by atoms with Crippen LogP contribution in [0.4, 0.5) is 0 Å². The van der Waals surface area contributed by atoms with E-state index >= 15 is 0 Å². The van der Waals surface area contributed by atoms with Gasteiger partial charge in [0, 0.05) is 17.8 Å². The standard InChI is InChI=1S/C12H18N4O2/c1-7-9(8(2)16-15-7)6-11(17)14-10-4-3-5-13-12(10)18/h10H,3-6H2,1-2H3,(H,13,18)(H,14,17)(H,15,16)/t10-/m1/s1. The molecule has 1 saturated heterocycles. The zero-order valence-electron chi connectivity index (χ0n) is 10.7. The summed E-state index contributed by atoms with van der Waals surface area (Å²) in [6.07, 6.45) is 1.87. The van der Waals surface area contributed by atoms with E-state index in [1.54, 1.807) is 0 Å². The highest BCUT2D eigenvalue weighted by Gasteiger charge is 2.24. The van der Waals surface area contributed by atoms with Crippen LogP contribution in [0.15, 0.2) is 0 Å². The lowest BCUT2D eigenvalue weighted by molar-refractivity contribution is -0.129. The lowest BCUT2D eigenvalue weighted by atomic mass is 10.1. The number of hydrogen-bond acceptors (Lipinski definition) is 3. The summed E-state index contributed by atoms with van der Waals surface area (Å²) in [5.41, 5.74) is 2.63. The van der Waals surface area contributed by atoms with Crippen LogP contribution in [0.3, 0.4) is 0 Å².